The lowest BCUT2D eigenvalue weighted by atomic mass is 10.1. The normalized spacial score (nSPS) is 10.0. The van der Waals surface area contributed by atoms with Gasteiger partial charge in [-0.2, -0.15) is 5.26 Å². The summed E-state index contributed by atoms with van der Waals surface area (Å²) in [4.78, 5) is 24.0. The number of nitrogens with zero attached hydrogens (tertiary/aromatic N) is 1. The van der Waals surface area contributed by atoms with E-state index in [2.05, 4.69) is 11.4 Å². The Labute approximate surface area is 163 Å². The summed E-state index contributed by atoms with van der Waals surface area (Å²) in [5.41, 5.74) is 2.85. The van der Waals surface area contributed by atoms with E-state index in [4.69, 9.17) is 10.00 Å². The number of Topliss-reactive ketones (excluding diaryl/α,β-unsaturated/α-hetero) is 1. The van der Waals surface area contributed by atoms with Crippen molar-refractivity contribution < 1.29 is 14.3 Å². The summed E-state index contributed by atoms with van der Waals surface area (Å²) in [6.07, 6.45) is 0. The summed E-state index contributed by atoms with van der Waals surface area (Å²) in [7, 11) is 0. The molecule has 3 rings (SSSR count). The Balaban J connectivity index is 1.70. The molecule has 5 heteroatoms. The van der Waals surface area contributed by atoms with E-state index >= 15 is 0 Å². The number of ether oxygens (including phenoxy) is 1. The molecule has 0 atom stereocenters. The van der Waals surface area contributed by atoms with E-state index in [1.54, 1.807) is 60.7 Å². The lowest BCUT2D eigenvalue weighted by Crippen LogP contribution is -2.12. The zero-order valence-corrected chi connectivity index (χ0v) is 15.3. The van der Waals surface area contributed by atoms with Crippen LogP contribution in [0.25, 0.3) is 0 Å². The van der Waals surface area contributed by atoms with Gasteiger partial charge in [0.2, 0.25) is 0 Å². The van der Waals surface area contributed by atoms with Gasteiger partial charge in [-0.15, -0.1) is 0 Å². The van der Waals surface area contributed by atoms with E-state index in [0.717, 1.165) is 5.56 Å². The first-order valence-corrected chi connectivity index (χ1v) is 8.70. The SMILES string of the molecule is CC(=O)c1cccc(NC(=O)c2cccc(OCc3ccccc3C#N)c2)c1. The number of nitriles is 1. The molecule has 0 saturated heterocycles. The van der Waals surface area contributed by atoms with Gasteiger partial charge >= 0.3 is 0 Å². The predicted molar refractivity (Wildman–Crippen MR) is 106 cm³/mol. The summed E-state index contributed by atoms with van der Waals surface area (Å²) in [5.74, 6) is 0.158. The molecule has 1 N–H and O–H groups in total. The summed E-state index contributed by atoms with van der Waals surface area (Å²) in [6.45, 7) is 1.71. The van der Waals surface area contributed by atoms with Gasteiger partial charge in [0.15, 0.2) is 5.78 Å². The average Bonchev–Trinajstić information content (AvgIpc) is 2.72. The van der Waals surface area contributed by atoms with Crippen LogP contribution in [-0.4, -0.2) is 11.7 Å². The second-order valence-electron chi connectivity index (χ2n) is 6.18. The van der Waals surface area contributed by atoms with Crippen LogP contribution in [0.2, 0.25) is 0 Å². The second-order valence-corrected chi connectivity index (χ2v) is 6.18. The Morgan fingerprint density at radius 3 is 2.50 bits per heavy atom. The monoisotopic (exact) mass is 370 g/mol. The van der Waals surface area contributed by atoms with Gasteiger partial charge in [0.1, 0.15) is 12.4 Å². The minimum atomic E-state index is -0.302. The van der Waals surface area contributed by atoms with Crippen molar-refractivity contribution in [2.45, 2.75) is 13.5 Å². The highest BCUT2D eigenvalue weighted by Gasteiger charge is 2.09. The van der Waals surface area contributed by atoms with E-state index in [0.29, 0.717) is 28.1 Å². The molecule has 0 heterocycles. The highest BCUT2D eigenvalue weighted by Crippen LogP contribution is 2.18. The fourth-order valence-electron chi connectivity index (χ4n) is 2.66. The second kappa shape index (κ2) is 8.65. The quantitative estimate of drug-likeness (QED) is 0.644. The van der Waals surface area contributed by atoms with Crippen LogP contribution in [0, 0.1) is 11.3 Å². The first-order chi connectivity index (χ1) is 13.6. The van der Waals surface area contributed by atoms with Crippen LogP contribution in [0.1, 0.15) is 38.8 Å². The number of nitrogens with one attached hydrogen (secondary N) is 1. The van der Waals surface area contributed by atoms with Crippen LogP contribution < -0.4 is 10.1 Å². The minimum Gasteiger partial charge on any atom is -0.489 e. The number of anilines is 1. The summed E-state index contributed by atoms with van der Waals surface area (Å²) in [5, 5.41) is 11.9. The molecule has 0 radical (unpaired) electrons. The number of rotatable bonds is 6. The summed E-state index contributed by atoms with van der Waals surface area (Å²) < 4.78 is 5.75. The van der Waals surface area contributed by atoms with Crippen molar-refractivity contribution in [3.05, 3.63) is 95.1 Å². The van der Waals surface area contributed by atoms with E-state index in [9.17, 15) is 9.59 Å². The third kappa shape index (κ3) is 4.63. The highest BCUT2D eigenvalue weighted by molar-refractivity contribution is 6.05. The molecule has 0 saturated carbocycles. The third-order valence-electron chi connectivity index (χ3n) is 4.16. The van der Waals surface area contributed by atoms with Crippen LogP contribution in [-0.2, 0) is 6.61 Å². The fourth-order valence-corrected chi connectivity index (χ4v) is 2.66. The van der Waals surface area contributed by atoms with Crippen molar-refractivity contribution in [3.8, 4) is 11.8 Å². The highest BCUT2D eigenvalue weighted by atomic mass is 16.5. The summed E-state index contributed by atoms with van der Waals surface area (Å²) in [6, 6.07) is 22.9. The zero-order valence-electron chi connectivity index (χ0n) is 15.3. The van der Waals surface area contributed by atoms with Gasteiger partial charge in [-0.05, 0) is 43.3 Å². The number of ketones is 1. The summed E-state index contributed by atoms with van der Waals surface area (Å²) >= 11 is 0. The predicted octanol–water partition coefficient (Wildman–Crippen LogP) is 4.59. The van der Waals surface area contributed by atoms with Crippen LogP contribution >= 0.6 is 0 Å². The Kier molecular flexibility index (Phi) is 5.83. The Bertz CT molecular complexity index is 1070. The Hall–Kier alpha value is -3.91. The van der Waals surface area contributed by atoms with Crippen molar-refractivity contribution in [1.82, 2.24) is 0 Å². The molecule has 3 aromatic rings. The molecule has 138 valence electrons. The Morgan fingerprint density at radius 2 is 1.71 bits per heavy atom. The number of amides is 1. The molecular weight excluding hydrogens is 352 g/mol. The van der Waals surface area contributed by atoms with E-state index < -0.39 is 0 Å². The molecule has 0 aliphatic rings. The van der Waals surface area contributed by atoms with Gasteiger partial charge in [0.25, 0.3) is 5.91 Å². The van der Waals surface area contributed by atoms with Crippen LogP contribution in [0.5, 0.6) is 5.75 Å². The van der Waals surface area contributed by atoms with Crippen LogP contribution in [0.15, 0.2) is 72.8 Å². The van der Waals surface area contributed by atoms with Gasteiger partial charge in [-0.3, -0.25) is 9.59 Å². The van der Waals surface area contributed by atoms with Crippen molar-refractivity contribution >= 4 is 17.4 Å². The van der Waals surface area contributed by atoms with Crippen molar-refractivity contribution in [1.29, 1.82) is 5.26 Å². The molecular formula is C23H18N2O3. The number of carbonyl (C=O) groups is 2. The maximum absolute atomic E-state index is 12.5. The third-order valence-corrected chi connectivity index (χ3v) is 4.16. The standard InChI is InChI=1S/C23H18N2O3/c1-16(26)17-8-4-10-21(12-17)25-23(27)18-9-5-11-22(13-18)28-15-20-7-3-2-6-19(20)14-24/h2-13H,15H2,1H3,(H,25,27). The molecule has 1 amide bonds. The van der Waals surface area contributed by atoms with Gasteiger partial charge in [-0.1, -0.05) is 36.4 Å². The molecule has 5 nitrogen and oxygen atoms in total. The number of benzene rings is 3. The van der Waals surface area contributed by atoms with Gasteiger partial charge < -0.3 is 10.1 Å². The van der Waals surface area contributed by atoms with E-state index in [1.165, 1.54) is 6.92 Å². The smallest absolute Gasteiger partial charge is 0.255 e. The molecule has 0 bridgehead atoms. The largest absolute Gasteiger partial charge is 0.489 e. The zero-order chi connectivity index (χ0) is 19.9. The van der Waals surface area contributed by atoms with Crippen LogP contribution in [0.3, 0.4) is 0 Å². The first kappa shape index (κ1) is 18.9. The lowest BCUT2D eigenvalue weighted by Gasteiger charge is -2.10. The number of carbonyl (C=O) groups excluding carboxylic acids is 2. The van der Waals surface area contributed by atoms with Gasteiger partial charge in [-0.25, -0.2) is 0 Å². The maximum atomic E-state index is 12.5. The van der Waals surface area contributed by atoms with Gasteiger partial charge in [0, 0.05) is 22.4 Å². The minimum absolute atomic E-state index is 0.0656. The lowest BCUT2D eigenvalue weighted by molar-refractivity contribution is 0.101. The molecule has 28 heavy (non-hydrogen) atoms. The molecule has 0 aliphatic heterocycles. The molecule has 0 aromatic heterocycles. The van der Waals surface area contributed by atoms with E-state index in [-0.39, 0.29) is 18.3 Å². The van der Waals surface area contributed by atoms with E-state index in [1.807, 2.05) is 12.1 Å². The molecule has 0 unspecified atom stereocenters. The van der Waals surface area contributed by atoms with Gasteiger partial charge in [0.05, 0.1) is 11.6 Å². The average molecular weight is 370 g/mol. The van der Waals surface area contributed by atoms with Crippen molar-refractivity contribution in [3.63, 3.8) is 0 Å². The molecule has 0 aliphatic carbocycles. The maximum Gasteiger partial charge on any atom is 0.255 e. The van der Waals surface area contributed by atoms with Crippen LogP contribution in [0.4, 0.5) is 5.69 Å². The number of hydrogen-bond acceptors (Lipinski definition) is 4. The molecule has 0 fully saturated rings. The Morgan fingerprint density at radius 1 is 0.964 bits per heavy atom. The van der Waals surface area contributed by atoms with Crippen molar-refractivity contribution in [2.75, 3.05) is 5.32 Å². The first-order valence-electron chi connectivity index (χ1n) is 8.70. The molecule has 0 spiro atoms. The topological polar surface area (TPSA) is 79.2 Å². The number of hydrogen-bond donors (Lipinski definition) is 1. The molecule has 3 aromatic carbocycles. The fraction of sp³-hybridized carbons (Fsp3) is 0.0870. The van der Waals surface area contributed by atoms with Crippen molar-refractivity contribution in [2.24, 2.45) is 0 Å².